The Bertz CT molecular complexity index is 432. The minimum atomic E-state index is -0.0662. The number of piperidine rings is 1. The number of hydrogen-bond donors (Lipinski definition) is 2. The fraction of sp³-hybridized carbons (Fsp3) is 0.533. The molecule has 0 spiro atoms. The molecule has 0 bridgehead atoms. The van der Waals surface area contributed by atoms with Crippen molar-refractivity contribution in [3.8, 4) is 0 Å². The van der Waals surface area contributed by atoms with Crippen molar-refractivity contribution in [2.45, 2.75) is 38.8 Å². The van der Waals surface area contributed by atoms with E-state index in [-0.39, 0.29) is 18.0 Å². The molecule has 4 heteroatoms. The van der Waals surface area contributed by atoms with Crippen LogP contribution in [0, 0.1) is 5.92 Å². The summed E-state index contributed by atoms with van der Waals surface area (Å²) in [4.78, 5) is 12.3. The lowest BCUT2D eigenvalue weighted by Gasteiger charge is -2.30. The van der Waals surface area contributed by atoms with Gasteiger partial charge in [0, 0.05) is 5.02 Å². The van der Waals surface area contributed by atoms with E-state index in [1.54, 1.807) is 0 Å². The van der Waals surface area contributed by atoms with E-state index in [1.807, 2.05) is 31.2 Å². The number of amides is 1. The van der Waals surface area contributed by atoms with Gasteiger partial charge in [0.2, 0.25) is 5.91 Å². The van der Waals surface area contributed by atoms with Crippen LogP contribution < -0.4 is 10.6 Å². The monoisotopic (exact) mass is 280 g/mol. The summed E-state index contributed by atoms with van der Waals surface area (Å²) in [5.74, 6) is 0.487. The maximum Gasteiger partial charge on any atom is 0.237 e. The number of nitrogens with one attached hydrogen (secondary N) is 2. The molecule has 1 heterocycles. The SMILES string of the molecule is CC1CCCNC1C(=O)N[C@H](C)c1ccc(Cl)cc1. The lowest BCUT2D eigenvalue weighted by Crippen LogP contribution is -2.51. The van der Waals surface area contributed by atoms with Crippen LogP contribution in [0.5, 0.6) is 0 Å². The summed E-state index contributed by atoms with van der Waals surface area (Å²) in [6.07, 6.45) is 2.26. The molecule has 104 valence electrons. The Balaban J connectivity index is 1.96. The highest BCUT2D eigenvalue weighted by Gasteiger charge is 2.28. The molecule has 1 aliphatic heterocycles. The molecule has 1 aromatic carbocycles. The first-order chi connectivity index (χ1) is 9.08. The Morgan fingerprint density at radius 2 is 2.11 bits per heavy atom. The standard InChI is InChI=1S/C15H21ClN2O/c1-10-4-3-9-17-14(10)15(19)18-11(2)12-5-7-13(16)8-6-12/h5-8,10-11,14,17H,3-4,9H2,1-2H3,(H,18,19)/t10?,11-,14?/m1/s1. The van der Waals surface area contributed by atoms with Gasteiger partial charge in [-0.1, -0.05) is 30.7 Å². The second kappa shape index (κ2) is 6.40. The molecule has 0 aromatic heterocycles. The van der Waals surface area contributed by atoms with Crippen LogP contribution in [0.4, 0.5) is 0 Å². The minimum absolute atomic E-state index is 0.000642. The number of halogens is 1. The van der Waals surface area contributed by atoms with Gasteiger partial charge in [-0.3, -0.25) is 4.79 Å². The van der Waals surface area contributed by atoms with Crippen molar-refractivity contribution < 1.29 is 4.79 Å². The third kappa shape index (κ3) is 3.71. The van der Waals surface area contributed by atoms with Gasteiger partial charge < -0.3 is 10.6 Å². The third-order valence-electron chi connectivity index (χ3n) is 3.78. The van der Waals surface area contributed by atoms with Gasteiger partial charge in [0.1, 0.15) is 0 Å². The Morgan fingerprint density at radius 3 is 2.74 bits per heavy atom. The summed E-state index contributed by atoms with van der Waals surface area (Å²) in [5, 5.41) is 7.09. The van der Waals surface area contributed by atoms with Crippen molar-refractivity contribution in [2.75, 3.05) is 6.54 Å². The highest BCUT2D eigenvalue weighted by Crippen LogP contribution is 2.19. The first-order valence-corrected chi connectivity index (χ1v) is 7.25. The molecule has 2 N–H and O–H groups in total. The molecule has 3 atom stereocenters. The van der Waals surface area contributed by atoms with E-state index in [4.69, 9.17) is 11.6 Å². The van der Waals surface area contributed by atoms with Gasteiger partial charge in [0.25, 0.3) is 0 Å². The van der Waals surface area contributed by atoms with Gasteiger partial charge in [0.05, 0.1) is 12.1 Å². The number of benzene rings is 1. The average Bonchev–Trinajstić information content (AvgIpc) is 2.39. The zero-order valence-corrected chi connectivity index (χ0v) is 12.2. The smallest absolute Gasteiger partial charge is 0.237 e. The van der Waals surface area contributed by atoms with Gasteiger partial charge in [-0.15, -0.1) is 0 Å². The zero-order chi connectivity index (χ0) is 13.8. The van der Waals surface area contributed by atoms with Crippen LogP contribution in [0.3, 0.4) is 0 Å². The molecule has 0 aliphatic carbocycles. The van der Waals surface area contributed by atoms with Gasteiger partial charge >= 0.3 is 0 Å². The fourth-order valence-electron chi connectivity index (χ4n) is 2.54. The molecule has 1 aliphatic rings. The topological polar surface area (TPSA) is 41.1 Å². The summed E-state index contributed by atoms with van der Waals surface area (Å²) in [6, 6.07) is 7.53. The molecule has 1 fully saturated rings. The van der Waals surface area contributed by atoms with E-state index >= 15 is 0 Å². The van der Waals surface area contributed by atoms with Crippen LogP contribution >= 0.6 is 11.6 Å². The van der Waals surface area contributed by atoms with Crippen LogP contribution in [0.15, 0.2) is 24.3 Å². The van der Waals surface area contributed by atoms with Crippen LogP contribution in [-0.4, -0.2) is 18.5 Å². The lowest BCUT2D eigenvalue weighted by molar-refractivity contribution is -0.125. The van der Waals surface area contributed by atoms with Gasteiger partial charge in [-0.05, 0) is 49.9 Å². The molecule has 3 nitrogen and oxygen atoms in total. The lowest BCUT2D eigenvalue weighted by atomic mass is 9.92. The summed E-state index contributed by atoms with van der Waals surface area (Å²) >= 11 is 5.87. The van der Waals surface area contributed by atoms with Crippen LogP contribution in [-0.2, 0) is 4.79 Å². The number of carbonyl (C=O) groups excluding carboxylic acids is 1. The van der Waals surface area contributed by atoms with Crippen molar-refractivity contribution in [3.63, 3.8) is 0 Å². The molecule has 0 saturated carbocycles. The van der Waals surface area contributed by atoms with Crippen molar-refractivity contribution in [3.05, 3.63) is 34.9 Å². The normalized spacial score (nSPS) is 24.8. The quantitative estimate of drug-likeness (QED) is 0.894. The first-order valence-electron chi connectivity index (χ1n) is 6.87. The predicted molar refractivity (Wildman–Crippen MR) is 78.2 cm³/mol. The molecule has 2 unspecified atom stereocenters. The van der Waals surface area contributed by atoms with Crippen molar-refractivity contribution in [1.29, 1.82) is 0 Å². The van der Waals surface area contributed by atoms with E-state index in [0.717, 1.165) is 24.9 Å². The van der Waals surface area contributed by atoms with Crippen LogP contribution in [0.25, 0.3) is 0 Å². The van der Waals surface area contributed by atoms with E-state index in [9.17, 15) is 4.79 Å². The van der Waals surface area contributed by atoms with Crippen LogP contribution in [0.1, 0.15) is 38.3 Å². The van der Waals surface area contributed by atoms with Crippen LogP contribution in [0.2, 0.25) is 5.02 Å². The Hall–Kier alpha value is -1.06. The highest BCUT2D eigenvalue weighted by atomic mass is 35.5. The van der Waals surface area contributed by atoms with Crippen molar-refractivity contribution in [1.82, 2.24) is 10.6 Å². The van der Waals surface area contributed by atoms with E-state index in [2.05, 4.69) is 17.6 Å². The number of rotatable bonds is 3. The fourth-order valence-corrected chi connectivity index (χ4v) is 2.66. The second-order valence-electron chi connectivity index (χ2n) is 5.33. The molecular formula is C15H21ClN2O. The summed E-state index contributed by atoms with van der Waals surface area (Å²) in [7, 11) is 0. The van der Waals surface area contributed by atoms with Gasteiger partial charge in [-0.2, -0.15) is 0 Å². The molecule has 1 saturated heterocycles. The van der Waals surface area contributed by atoms with E-state index < -0.39 is 0 Å². The molecule has 2 rings (SSSR count). The third-order valence-corrected chi connectivity index (χ3v) is 4.03. The van der Waals surface area contributed by atoms with Gasteiger partial charge in [0.15, 0.2) is 0 Å². The molecule has 19 heavy (non-hydrogen) atoms. The summed E-state index contributed by atoms with van der Waals surface area (Å²) in [6.45, 7) is 5.05. The summed E-state index contributed by atoms with van der Waals surface area (Å²) < 4.78 is 0. The first kappa shape index (κ1) is 14.4. The van der Waals surface area contributed by atoms with E-state index in [1.165, 1.54) is 0 Å². The molecular weight excluding hydrogens is 260 g/mol. The Morgan fingerprint density at radius 1 is 1.42 bits per heavy atom. The highest BCUT2D eigenvalue weighted by molar-refractivity contribution is 6.30. The largest absolute Gasteiger partial charge is 0.348 e. The Kier molecular flexibility index (Phi) is 4.83. The zero-order valence-electron chi connectivity index (χ0n) is 11.4. The summed E-state index contributed by atoms with van der Waals surface area (Å²) in [5.41, 5.74) is 1.07. The van der Waals surface area contributed by atoms with Gasteiger partial charge in [-0.25, -0.2) is 0 Å². The van der Waals surface area contributed by atoms with Crippen molar-refractivity contribution >= 4 is 17.5 Å². The molecule has 1 amide bonds. The maximum atomic E-state index is 12.3. The predicted octanol–water partition coefficient (Wildman–Crippen LogP) is 2.91. The number of hydrogen-bond acceptors (Lipinski definition) is 2. The molecule has 1 aromatic rings. The molecule has 0 radical (unpaired) electrons. The number of carbonyl (C=O) groups is 1. The Labute approximate surface area is 119 Å². The average molecular weight is 281 g/mol. The van der Waals surface area contributed by atoms with Crippen molar-refractivity contribution in [2.24, 2.45) is 5.92 Å². The van der Waals surface area contributed by atoms with E-state index in [0.29, 0.717) is 10.9 Å². The minimum Gasteiger partial charge on any atom is -0.348 e. The second-order valence-corrected chi connectivity index (χ2v) is 5.77. The maximum absolute atomic E-state index is 12.3.